The molecule has 0 aromatic heterocycles. The van der Waals surface area contributed by atoms with Crippen LogP contribution in [0, 0.1) is 0 Å². The van der Waals surface area contributed by atoms with Crippen molar-refractivity contribution in [3.63, 3.8) is 0 Å². The van der Waals surface area contributed by atoms with Gasteiger partial charge >= 0.3 is 0 Å². The predicted octanol–water partition coefficient (Wildman–Crippen LogP) is 3.67. The van der Waals surface area contributed by atoms with Crippen molar-refractivity contribution >= 4 is 47.4 Å². The average molecular weight is 462 g/mol. The second kappa shape index (κ2) is 11.8. The molecule has 0 spiro atoms. The smallest absolute Gasteiger partial charge is 0.193 e. The van der Waals surface area contributed by atoms with Crippen molar-refractivity contribution in [1.29, 1.82) is 0 Å². The Morgan fingerprint density at radius 1 is 1.25 bits per heavy atom. The van der Waals surface area contributed by atoms with E-state index in [2.05, 4.69) is 58.3 Å². The van der Waals surface area contributed by atoms with E-state index in [9.17, 15) is 0 Å². The monoisotopic (exact) mass is 462 g/mol. The maximum absolute atomic E-state index is 4.37. The molecular weight excluding hydrogens is 431 g/mol. The van der Waals surface area contributed by atoms with Crippen molar-refractivity contribution in [2.24, 2.45) is 4.99 Å². The van der Waals surface area contributed by atoms with Gasteiger partial charge in [0.1, 0.15) is 0 Å². The zero-order valence-corrected chi connectivity index (χ0v) is 18.3. The van der Waals surface area contributed by atoms with Crippen LogP contribution in [0.25, 0.3) is 0 Å². The number of guanidine groups is 1. The highest BCUT2D eigenvalue weighted by molar-refractivity contribution is 14.0. The van der Waals surface area contributed by atoms with Crippen LogP contribution in [-0.2, 0) is 6.54 Å². The fraction of sp³-hybridized carbons (Fsp3) is 0.611. The van der Waals surface area contributed by atoms with Gasteiger partial charge < -0.3 is 15.1 Å². The van der Waals surface area contributed by atoms with Crippen molar-refractivity contribution in [3.05, 3.63) is 29.8 Å². The van der Waals surface area contributed by atoms with Gasteiger partial charge in [0.15, 0.2) is 5.96 Å². The van der Waals surface area contributed by atoms with Gasteiger partial charge in [-0.3, -0.25) is 4.99 Å². The molecule has 0 aliphatic carbocycles. The van der Waals surface area contributed by atoms with Crippen LogP contribution in [0.15, 0.2) is 29.3 Å². The zero-order chi connectivity index (χ0) is 16.5. The molecule has 0 radical (unpaired) electrons. The van der Waals surface area contributed by atoms with Crippen molar-refractivity contribution in [1.82, 2.24) is 10.2 Å². The Kier molecular flexibility index (Phi) is 10.6. The summed E-state index contributed by atoms with van der Waals surface area (Å²) in [6.07, 6.45) is 2.40. The van der Waals surface area contributed by atoms with Crippen molar-refractivity contribution < 1.29 is 0 Å². The highest BCUT2D eigenvalue weighted by Gasteiger charge is 2.11. The van der Waals surface area contributed by atoms with Crippen molar-refractivity contribution in [3.8, 4) is 0 Å². The minimum Gasteiger partial charge on any atom is -0.370 e. The normalized spacial score (nSPS) is 15.0. The van der Waals surface area contributed by atoms with Gasteiger partial charge in [0.05, 0.1) is 0 Å². The largest absolute Gasteiger partial charge is 0.370 e. The van der Waals surface area contributed by atoms with Gasteiger partial charge in [-0.15, -0.1) is 24.0 Å². The lowest BCUT2D eigenvalue weighted by atomic mass is 10.2. The molecule has 136 valence electrons. The molecule has 1 N–H and O–H groups in total. The fourth-order valence-corrected chi connectivity index (χ4v) is 3.62. The zero-order valence-electron chi connectivity index (χ0n) is 15.1. The van der Waals surface area contributed by atoms with Crippen molar-refractivity contribution in [2.75, 3.05) is 50.1 Å². The summed E-state index contributed by atoms with van der Waals surface area (Å²) in [7, 11) is 3.95. The summed E-state index contributed by atoms with van der Waals surface area (Å²) in [6.45, 7) is 6.40. The summed E-state index contributed by atoms with van der Waals surface area (Å²) in [5.41, 5.74) is 2.64. The molecule has 0 amide bonds. The molecule has 0 bridgehead atoms. The molecule has 1 heterocycles. The van der Waals surface area contributed by atoms with Gasteiger partial charge in [0, 0.05) is 57.5 Å². The number of hydrogen-bond donors (Lipinski definition) is 1. The van der Waals surface area contributed by atoms with Crippen LogP contribution < -0.4 is 10.2 Å². The van der Waals surface area contributed by atoms with Crippen LogP contribution in [0.5, 0.6) is 0 Å². The molecule has 1 fully saturated rings. The molecule has 0 unspecified atom stereocenters. The number of hydrogen-bond acceptors (Lipinski definition) is 3. The molecule has 1 saturated heterocycles. The Bertz CT molecular complexity index is 486. The lowest BCUT2D eigenvalue weighted by molar-refractivity contribution is 0.464. The van der Waals surface area contributed by atoms with Crippen LogP contribution >= 0.6 is 35.7 Å². The Labute approximate surface area is 168 Å². The topological polar surface area (TPSA) is 30.9 Å². The van der Waals surface area contributed by atoms with E-state index in [1.165, 1.54) is 35.6 Å². The number of anilines is 1. The molecule has 1 aliphatic heterocycles. The Morgan fingerprint density at radius 3 is 2.50 bits per heavy atom. The summed E-state index contributed by atoms with van der Waals surface area (Å²) >= 11 is 2.05. The van der Waals surface area contributed by atoms with E-state index in [1.807, 2.05) is 18.8 Å². The predicted molar refractivity (Wildman–Crippen MR) is 119 cm³/mol. The molecule has 24 heavy (non-hydrogen) atoms. The quantitative estimate of drug-likeness (QED) is 0.397. The highest BCUT2D eigenvalue weighted by Crippen LogP contribution is 2.19. The highest BCUT2D eigenvalue weighted by atomic mass is 127. The van der Waals surface area contributed by atoms with Crippen LogP contribution in [-0.4, -0.2) is 56.1 Å². The average Bonchev–Trinajstić information content (AvgIpc) is 2.61. The van der Waals surface area contributed by atoms with E-state index in [4.69, 9.17) is 0 Å². The van der Waals surface area contributed by atoms with Gasteiger partial charge in [-0.05, 0) is 24.1 Å². The lowest BCUT2D eigenvalue weighted by Crippen LogP contribution is -2.39. The molecule has 4 nitrogen and oxygen atoms in total. The molecule has 1 aromatic rings. The van der Waals surface area contributed by atoms with Gasteiger partial charge in [0.2, 0.25) is 0 Å². The van der Waals surface area contributed by atoms with E-state index in [0.29, 0.717) is 0 Å². The number of halogens is 1. The van der Waals surface area contributed by atoms with Gasteiger partial charge in [-0.1, -0.05) is 25.5 Å². The molecule has 1 aliphatic rings. The van der Waals surface area contributed by atoms with Crippen LogP contribution in [0.4, 0.5) is 5.69 Å². The Balaban J connectivity index is 0.00000288. The van der Waals surface area contributed by atoms with Gasteiger partial charge in [-0.25, -0.2) is 0 Å². The third kappa shape index (κ3) is 6.70. The number of rotatable bonds is 6. The molecule has 2 rings (SSSR count). The molecule has 0 atom stereocenters. The summed E-state index contributed by atoms with van der Waals surface area (Å²) in [6, 6.07) is 8.94. The lowest BCUT2D eigenvalue weighted by Gasteiger charge is -2.28. The summed E-state index contributed by atoms with van der Waals surface area (Å²) in [5, 5.41) is 3.45. The third-order valence-electron chi connectivity index (χ3n) is 4.18. The Morgan fingerprint density at radius 2 is 1.92 bits per heavy atom. The van der Waals surface area contributed by atoms with Crippen molar-refractivity contribution in [2.45, 2.75) is 26.3 Å². The molecule has 0 saturated carbocycles. The summed E-state index contributed by atoms with van der Waals surface area (Å²) in [4.78, 5) is 9.04. The second-order valence-electron chi connectivity index (χ2n) is 5.94. The number of nitrogens with one attached hydrogen (secondary N) is 1. The van der Waals surface area contributed by atoms with Crippen LogP contribution in [0.2, 0.25) is 0 Å². The first-order valence-corrected chi connectivity index (χ1v) is 9.73. The third-order valence-corrected chi connectivity index (χ3v) is 5.13. The number of unbranched alkanes of at least 4 members (excludes halogenated alkanes) is 1. The van der Waals surface area contributed by atoms with Crippen LogP contribution in [0.1, 0.15) is 25.3 Å². The van der Waals surface area contributed by atoms with Gasteiger partial charge in [0.25, 0.3) is 0 Å². The van der Waals surface area contributed by atoms with E-state index >= 15 is 0 Å². The summed E-state index contributed by atoms with van der Waals surface area (Å²) in [5.74, 6) is 3.45. The van der Waals surface area contributed by atoms with E-state index in [-0.39, 0.29) is 24.0 Å². The number of benzene rings is 1. The fourth-order valence-electron chi connectivity index (χ4n) is 2.71. The number of aliphatic imine (C=N–C) groups is 1. The van der Waals surface area contributed by atoms with E-state index < -0.39 is 0 Å². The number of thioether (sulfide) groups is 1. The van der Waals surface area contributed by atoms with E-state index in [0.717, 1.165) is 32.1 Å². The van der Waals surface area contributed by atoms with Crippen LogP contribution in [0.3, 0.4) is 0 Å². The summed E-state index contributed by atoms with van der Waals surface area (Å²) < 4.78 is 0. The van der Waals surface area contributed by atoms with Gasteiger partial charge in [-0.2, -0.15) is 11.8 Å². The first-order valence-electron chi connectivity index (χ1n) is 8.58. The Hall–Kier alpha value is -0.630. The first-order chi connectivity index (χ1) is 11.2. The standard InChI is InChI=1S/C18H30N4S.HI/c1-4-5-10-21(3)18(19-2)20-15-16-6-8-17(9-7-16)22-11-13-23-14-12-22;/h6-9H,4-5,10-15H2,1-3H3,(H,19,20);1H. The molecular formula is C18H31IN4S. The first kappa shape index (κ1) is 21.4. The maximum atomic E-state index is 4.37. The minimum absolute atomic E-state index is 0. The second-order valence-corrected chi connectivity index (χ2v) is 7.17. The van der Waals surface area contributed by atoms with E-state index in [1.54, 1.807) is 0 Å². The minimum atomic E-state index is 0. The molecule has 1 aromatic carbocycles. The maximum Gasteiger partial charge on any atom is 0.193 e. The number of nitrogens with zero attached hydrogens (tertiary/aromatic N) is 3. The molecule has 6 heteroatoms. The SMILES string of the molecule is CCCCN(C)C(=NC)NCc1ccc(N2CCSCC2)cc1.I.